The van der Waals surface area contributed by atoms with Gasteiger partial charge >= 0.3 is 0 Å². The van der Waals surface area contributed by atoms with E-state index in [2.05, 4.69) is 39.7 Å². The normalized spacial score (nSPS) is 11.0. The lowest BCUT2D eigenvalue weighted by Gasteiger charge is -1.96. The van der Waals surface area contributed by atoms with Crippen LogP contribution in [-0.4, -0.2) is 14.8 Å². The topological polar surface area (TPSA) is 30.7 Å². The Morgan fingerprint density at radius 1 is 1.54 bits per heavy atom. The summed E-state index contributed by atoms with van der Waals surface area (Å²) in [5.74, 6) is 0. The van der Waals surface area contributed by atoms with E-state index in [-0.39, 0.29) is 0 Å². The number of halogens is 2. The first kappa shape index (κ1) is 9.21. The SMILES string of the molecule is CCn1cc(Cl)c2cc(I)nnc21. The number of hydrogen-bond donors (Lipinski definition) is 0. The summed E-state index contributed by atoms with van der Waals surface area (Å²) in [5, 5.41) is 9.80. The third kappa shape index (κ3) is 1.52. The second-order valence-electron chi connectivity index (χ2n) is 2.67. The molecule has 2 aromatic heterocycles. The van der Waals surface area contributed by atoms with Gasteiger partial charge in [-0.25, -0.2) is 0 Å². The molecule has 13 heavy (non-hydrogen) atoms. The predicted molar refractivity (Wildman–Crippen MR) is 60.9 cm³/mol. The number of aromatic nitrogens is 3. The molecule has 0 saturated carbocycles. The van der Waals surface area contributed by atoms with Crippen molar-refractivity contribution in [2.45, 2.75) is 13.5 Å². The molecule has 0 spiro atoms. The Morgan fingerprint density at radius 2 is 2.31 bits per heavy atom. The molecule has 0 aliphatic rings. The van der Waals surface area contributed by atoms with Crippen LogP contribution in [0.1, 0.15) is 6.92 Å². The Morgan fingerprint density at radius 3 is 3.00 bits per heavy atom. The summed E-state index contributed by atoms with van der Waals surface area (Å²) in [5.41, 5.74) is 0.855. The third-order valence-electron chi connectivity index (χ3n) is 1.88. The van der Waals surface area contributed by atoms with Crippen molar-refractivity contribution in [3.63, 3.8) is 0 Å². The van der Waals surface area contributed by atoms with E-state index >= 15 is 0 Å². The Kier molecular flexibility index (Phi) is 2.42. The van der Waals surface area contributed by atoms with Crippen molar-refractivity contribution in [2.24, 2.45) is 0 Å². The average molecular weight is 308 g/mol. The molecule has 2 heterocycles. The van der Waals surface area contributed by atoms with Crippen molar-refractivity contribution >= 4 is 45.2 Å². The maximum atomic E-state index is 6.04. The van der Waals surface area contributed by atoms with Crippen LogP contribution >= 0.6 is 34.2 Å². The Balaban J connectivity index is 2.80. The Labute approximate surface area is 94.2 Å². The minimum absolute atomic E-state index is 0.740. The molecule has 0 atom stereocenters. The number of rotatable bonds is 1. The molecule has 0 N–H and O–H groups in total. The van der Waals surface area contributed by atoms with Crippen LogP contribution in [0.15, 0.2) is 12.3 Å². The molecule has 0 radical (unpaired) electrons. The lowest BCUT2D eigenvalue weighted by atomic mass is 10.4. The number of fused-ring (bicyclic) bond motifs is 1. The summed E-state index contributed by atoms with van der Waals surface area (Å²) in [7, 11) is 0. The maximum absolute atomic E-state index is 6.04. The highest BCUT2D eigenvalue weighted by Gasteiger charge is 2.07. The van der Waals surface area contributed by atoms with Crippen LogP contribution in [-0.2, 0) is 6.54 Å². The first-order valence-electron chi connectivity index (χ1n) is 3.90. The van der Waals surface area contributed by atoms with Gasteiger partial charge in [-0.1, -0.05) is 11.6 Å². The summed E-state index contributed by atoms with van der Waals surface area (Å²) >= 11 is 8.16. The van der Waals surface area contributed by atoms with Crippen LogP contribution < -0.4 is 0 Å². The summed E-state index contributed by atoms with van der Waals surface area (Å²) in [6.07, 6.45) is 1.89. The molecule has 0 aromatic carbocycles. The molecule has 0 fully saturated rings. The first-order valence-corrected chi connectivity index (χ1v) is 5.35. The van der Waals surface area contributed by atoms with Crippen molar-refractivity contribution < 1.29 is 0 Å². The lowest BCUT2D eigenvalue weighted by molar-refractivity contribution is 0.778. The Bertz CT molecular complexity index is 452. The summed E-state index contributed by atoms with van der Waals surface area (Å²) in [6.45, 7) is 2.91. The van der Waals surface area contributed by atoms with Crippen LogP contribution in [0, 0.1) is 3.70 Å². The van der Waals surface area contributed by atoms with Gasteiger partial charge in [0.1, 0.15) is 3.70 Å². The molecule has 0 aliphatic heterocycles. The van der Waals surface area contributed by atoms with Gasteiger partial charge in [-0.2, -0.15) is 0 Å². The van der Waals surface area contributed by atoms with Crippen LogP contribution in [0.25, 0.3) is 11.0 Å². The van der Waals surface area contributed by atoms with Gasteiger partial charge < -0.3 is 4.57 Å². The highest BCUT2D eigenvalue weighted by atomic mass is 127. The van der Waals surface area contributed by atoms with Gasteiger partial charge in [0.25, 0.3) is 0 Å². The van der Waals surface area contributed by atoms with Gasteiger partial charge in [-0.3, -0.25) is 0 Å². The van der Waals surface area contributed by atoms with Gasteiger partial charge in [0.2, 0.25) is 0 Å². The number of hydrogen-bond acceptors (Lipinski definition) is 2. The molecule has 0 amide bonds. The van der Waals surface area contributed by atoms with E-state index in [4.69, 9.17) is 11.6 Å². The van der Waals surface area contributed by atoms with Gasteiger partial charge in [0, 0.05) is 18.1 Å². The number of aryl methyl sites for hydroxylation is 1. The fraction of sp³-hybridized carbons (Fsp3) is 0.250. The van der Waals surface area contributed by atoms with Crippen LogP contribution in [0.3, 0.4) is 0 Å². The fourth-order valence-corrected chi connectivity index (χ4v) is 1.93. The van der Waals surface area contributed by atoms with E-state index in [1.807, 2.05) is 16.8 Å². The van der Waals surface area contributed by atoms with E-state index in [0.717, 1.165) is 26.3 Å². The average Bonchev–Trinajstić information content (AvgIpc) is 2.43. The molecule has 2 aromatic rings. The fourth-order valence-electron chi connectivity index (χ4n) is 1.26. The van der Waals surface area contributed by atoms with Crippen molar-refractivity contribution in [3.05, 3.63) is 21.0 Å². The molecular formula is C8H7ClIN3. The van der Waals surface area contributed by atoms with E-state index in [0.29, 0.717) is 0 Å². The molecule has 5 heteroatoms. The largest absolute Gasteiger partial charge is 0.330 e. The van der Waals surface area contributed by atoms with E-state index in [1.54, 1.807) is 0 Å². The zero-order valence-electron chi connectivity index (χ0n) is 6.96. The van der Waals surface area contributed by atoms with Crippen molar-refractivity contribution in [1.29, 1.82) is 0 Å². The first-order chi connectivity index (χ1) is 6.22. The zero-order chi connectivity index (χ0) is 9.42. The summed E-state index contributed by atoms with van der Waals surface area (Å²) < 4.78 is 2.85. The van der Waals surface area contributed by atoms with Gasteiger partial charge in [0.15, 0.2) is 5.65 Å². The molecule has 68 valence electrons. The van der Waals surface area contributed by atoms with Crippen LogP contribution in [0.2, 0.25) is 5.02 Å². The smallest absolute Gasteiger partial charge is 0.164 e. The van der Waals surface area contributed by atoms with Gasteiger partial charge in [-0.05, 0) is 35.6 Å². The van der Waals surface area contributed by atoms with E-state index in [9.17, 15) is 0 Å². The molecule has 0 aliphatic carbocycles. The predicted octanol–water partition coefficient (Wildman–Crippen LogP) is 2.71. The van der Waals surface area contributed by atoms with Gasteiger partial charge in [0.05, 0.1) is 5.02 Å². The second-order valence-corrected chi connectivity index (χ2v) is 4.18. The second kappa shape index (κ2) is 3.42. The zero-order valence-corrected chi connectivity index (χ0v) is 9.87. The number of nitrogens with zero attached hydrogens (tertiary/aromatic N) is 3. The molecule has 3 nitrogen and oxygen atoms in total. The minimum atomic E-state index is 0.740. The third-order valence-corrected chi connectivity index (χ3v) is 2.71. The van der Waals surface area contributed by atoms with E-state index < -0.39 is 0 Å². The quantitative estimate of drug-likeness (QED) is 0.759. The van der Waals surface area contributed by atoms with Crippen molar-refractivity contribution in [2.75, 3.05) is 0 Å². The summed E-state index contributed by atoms with van der Waals surface area (Å²) in [4.78, 5) is 0. The monoisotopic (exact) mass is 307 g/mol. The standard InChI is InChI=1S/C8H7ClIN3/c1-2-13-4-6(9)5-3-7(10)11-12-8(5)13/h3-4H,2H2,1H3. The highest BCUT2D eigenvalue weighted by molar-refractivity contribution is 14.1. The Hall–Kier alpha value is -0.360. The maximum Gasteiger partial charge on any atom is 0.164 e. The van der Waals surface area contributed by atoms with Crippen LogP contribution in [0.5, 0.6) is 0 Å². The molecular weight excluding hydrogens is 300 g/mol. The highest BCUT2D eigenvalue weighted by Crippen LogP contribution is 2.24. The summed E-state index contributed by atoms with van der Waals surface area (Å²) in [6, 6.07) is 1.94. The minimum Gasteiger partial charge on any atom is -0.330 e. The molecule has 0 bridgehead atoms. The van der Waals surface area contributed by atoms with Gasteiger partial charge in [-0.15, -0.1) is 10.2 Å². The van der Waals surface area contributed by atoms with E-state index in [1.165, 1.54) is 0 Å². The molecule has 0 saturated heterocycles. The van der Waals surface area contributed by atoms with Crippen LogP contribution in [0.4, 0.5) is 0 Å². The lowest BCUT2D eigenvalue weighted by Crippen LogP contribution is -1.95. The molecule has 2 rings (SSSR count). The van der Waals surface area contributed by atoms with Crippen molar-refractivity contribution in [1.82, 2.24) is 14.8 Å². The van der Waals surface area contributed by atoms with Crippen molar-refractivity contribution in [3.8, 4) is 0 Å². The molecule has 0 unspecified atom stereocenters.